The molecule has 0 fully saturated rings. The second-order valence-corrected chi connectivity index (χ2v) is 7.77. The van der Waals surface area contributed by atoms with E-state index in [2.05, 4.69) is 4.74 Å². The maximum atomic E-state index is 13.1. The predicted molar refractivity (Wildman–Crippen MR) is 119 cm³/mol. The number of halogens is 3. The number of carbonyl (C=O) groups is 4. The lowest BCUT2D eigenvalue weighted by Crippen LogP contribution is -2.39. The van der Waals surface area contributed by atoms with Gasteiger partial charge in [-0.25, -0.2) is 4.79 Å². The smallest absolute Gasteiger partial charge is 0.489 e. The van der Waals surface area contributed by atoms with Gasteiger partial charge in [-0.1, -0.05) is 24.3 Å². The summed E-state index contributed by atoms with van der Waals surface area (Å²) >= 11 is 0. The molecule has 0 spiro atoms. The second kappa shape index (κ2) is 10.5. The first-order valence-electron chi connectivity index (χ1n) is 10.4. The standard InChI is InChI=1S/C23H21F3N4O6/c1-29-17-7-6-15(35-12-13-2-4-14(5-3-13)20(27)28)10-16(17)21(33)30(11-18(29)31)9-8-19(32)36-22(34)23(24,25)26/h2-7,10H,8-9,11-12H2,1H3,(H3,27,28). The number of alkyl halides is 3. The number of fused-ring (bicyclic) bond motifs is 1. The van der Waals surface area contributed by atoms with Crippen LogP contribution in [-0.4, -0.2) is 60.8 Å². The number of hydrogen-bond acceptors (Lipinski definition) is 7. The number of ether oxygens (including phenoxy) is 2. The fourth-order valence-electron chi connectivity index (χ4n) is 3.28. The SMILES string of the molecule is CN1C(=O)CN(CCC(=O)OC(=O)C(F)(F)F)C(=O)c2cc(OCc3ccc(C(=N)N)cc3)ccc21. The molecule has 0 unspecified atom stereocenters. The van der Waals surface area contributed by atoms with Crippen LogP contribution in [0.3, 0.4) is 0 Å². The van der Waals surface area contributed by atoms with Crippen molar-refractivity contribution in [3.63, 3.8) is 0 Å². The number of amides is 2. The van der Waals surface area contributed by atoms with E-state index in [0.29, 0.717) is 11.3 Å². The summed E-state index contributed by atoms with van der Waals surface area (Å²) in [4.78, 5) is 50.3. The van der Waals surface area contributed by atoms with Gasteiger partial charge < -0.3 is 25.0 Å². The first-order chi connectivity index (χ1) is 16.9. The summed E-state index contributed by atoms with van der Waals surface area (Å²) in [7, 11) is 1.45. The van der Waals surface area contributed by atoms with Crippen LogP contribution in [0.4, 0.5) is 18.9 Å². The molecule has 3 N–H and O–H groups in total. The minimum Gasteiger partial charge on any atom is -0.489 e. The minimum absolute atomic E-state index is 0.0739. The summed E-state index contributed by atoms with van der Waals surface area (Å²) in [5.74, 6) is -5.07. The van der Waals surface area contributed by atoms with Crippen molar-refractivity contribution >= 4 is 35.3 Å². The Bertz CT molecular complexity index is 1210. The average Bonchev–Trinajstić information content (AvgIpc) is 2.91. The molecule has 1 aliphatic rings. The van der Waals surface area contributed by atoms with Gasteiger partial charge in [0.25, 0.3) is 5.91 Å². The molecule has 10 nitrogen and oxygen atoms in total. The number of rotatable bonds is 7. The van der Waals surface area contributed by atoms with Crippen molar-refractivity contribution in [2.45, 2.75) is 19.2 Å². The molecule has 0 aromatic heterocycles. The van der Waals surface area contributed by atoms with Crippen LogP contribution in [0.2, 0.25) is 0 Å². The van der Waals surface area contributed by atoms with E-state index >= 15 is 0 Å². The van der Waals surface area contributed by atoms with Gasteiger partial charge in [0, 0.05) is 19.2 Å². The van der Waals surface area contributed by atoms with Crippen LogP contribution in [-0.2, 0) is 25.7 Å². The molecule has 13 heteroatoms. The van der Waals surface area contributed by atoms with Gasteiger partial charge in [-0.05, 0) is 23.8 Å². The van der Waals surface area contributed by atoms with Crippen LogP contribution in [0.25, 0.3) is 0 Å². The Labute approximate surface area is 202 Å². The van der Waals surface area contributed by atoms with E-state index in [9.17, 15) is 32.3 Å². The Morgan fingerprint density at radius 3 is 2.39 bits per heavy atom. The summed E-state index contributed by atoms with van der Waals surface area (Å²) < 4.78 is 46.3. The Morgan fingerprint density at radius 1 is 1.11 bits per heavy atom. The number of nitrogens with one attached hydrogen (secondary N) is 1. The van der Waals surface area contributed by atoms with Crippen molar-refractivity contribution in [2.24, 2.45) is 5.73 Å². The van der Waals surface area contributed by atoms with Crippen LogP contribution >= 0.6 is 0 Å². The van der Waals surface area contributed by atoms with Gasteiger partial charge in [0.05, 0.1) is 17.7 Å². The van der Waals surface area contributed by atoms with Crippen LogP contribution in [0.1, 0.15) is 27.9 Å². The molecule has 190 valence electrons. The van der Waals surface area contributed by atoms with E-state index in [1.165, 1.54) is 24.1 Å². The summed E-state index contributed by atoms with van der Waals surface area (Å²) in [6.07, 6.45) is -6.07. The van der Waals surface area contributed by atoms with Gasteiger partial charge in [-0.3, -0.25) is 19.8 Å². The highest BCUT2D eigenvalue weighted by Crippen LogP contribution is 2.29. The number of hydrogen-bond donors (Lipinski definition) is 2. The summed E-state index contributed by atoms with van der Waals surface area (Å²) in [5.41, 5.74) is 7.10. The first kappa shape index (κ1) is 26.2. The largest absolute Gasteiger partial charge is 0.491 e. The molecule has 1 heterocycles. The van der Waals surface area contributed by atoms with E-state index in [4.69, 9.17) is 15.9 Å². The molecule has 0 radical (unpaired) electrons. The third-order valence-electron chi connectivity index (χ3n) is 5.24. The third kappa shape index (κ3) is 6.17. The van der Waals surface area contributed by atoms with E-state index < -0.39 is 49.4 Å². The van der Waals surface area contributed by atoms with Crippen molar-refractivity contribution in [1.29, 1.82) is 5.41 Å². The Balaban J connectivity index is 1.73. The molecule has 2 aromatic carbocycles. The zero-order chi connectivity index (χ0) is 26.6. The number of esters is 2. The first-order valence-corrected chi connectivity index (χ1v) is 10.4. The van der Waals surface area contributed by atoms with Crippen molar-refractivity contribution < 1.29 is 41.8 Å². The number of benzene rings is 2. The van der Waals surface area contributed by atoms with Crippen molar-refractivity contribution in [3.05, 3.63) is 59.2 Å². The molecule has 0 saturated heterocycles. The monoisotopic (exact) mass is 506 g/mol. The number of carbonyl (C=O) groups excluding carboxylic acids is 4. The normalized spacial score (nSPS) is 13.7. The highest BCUT2D eigenvalue weighted by molar-refractivity contribution is 6.09. The van der Waals surface area contributed by atoms with Crippen LogP contribution in [0.15, 0.2) is 42.5 Å². The van der Waals surface area contributed by atoms with Crippen LogP contribution in [0.5, 0.6) is 5.75 Å². The lowest BCUT2D eigenvalue weighted by atomic mass is 10.1. The van der Waals surface area contributed by atoms with Crippen LogP contribution in [0, 0.1) is 5.41 Å². The van der Waals surface area contributed by atoms with Crippen molar-refractivity contribution in [2.75, 3.05) is 25.0 Å². The van der Waals surface area contributed by atoms with Gasteiger partial charge in [0.1, 0.15) is 24.7 Å². The van der Waals surface area contributed by atoms with E-state index in [-0.39, 0.29) is 23.7 Å². The summed E-state index contributed by atoms with van der Waals surface area (Å²) in [5, 5.41) is 7.42. The number of anilines is 1. The third-order valence-corrected chi connectivity index (χ3v) is 5.24. The lowest BCUT2D eigenvalue weighted by molar-refractivity contribution is -0.201. The van der Waals surface area contributed by atoms with Gasteiger partial charge in [-0.15, -0.1) is 0 Å². The quantitative estimate of drug-likeness (QED) is 0.253. The predicted octanol–water partition coefficient (Wildman–Crippen LogP) is 1.99. The molecular formula is C23H21F3N4O6. The molecule has 36 heavy (non-hydrogen) atoms. The molecule has 3 rings (SSSR count). The highest BCUT2D eigenvalue weighted by Gasteiger charge is 2.42. The van der Waals surface area contributed by atoms with Crippen molar-refractivity contribution in [1.82, 2.24) is 4.90 Å². The number of amidine groups is 1. The molecule has 2 aromatic rings. The van der Waals surface area contributed by atoms with E-state index in [1.807, 2.05) is 0 Å². The number of nitrogens with zero attached hydrogens (tertiary/aromatic N) is 2. The molecular weight excluding hydrogens is 485 g/mol. The van der Waals surface area contributed by atoms with E-state index in [1.54, 1.807) is 30.3 Å². The second-order valence-electron chi connectivity index (χ2n) is 7.77. The maximum absolute atomic E-state index is 13.1. The van der Waals surface area contributed by atoms with Gasteiger partial charge in [0.2, 0.25) is 5.91 Å². The number of nitrogens with two attached hydrogens (primary N) is 1. The van der Waals surface area contributed by atoms with Gasteiger partial charge in [-0.2, -0.15) is 13.2 Å². The topological polar surface area (TPSA) is 143 Å². The number of likely N-dealkylation sites (N-methyl/N-ethyl adjacent to an activating group) is 1. The fraction of sp³-hybridized carbons (Fsp3) is 0.261. The van der Waals surface area contributed by atoms with E-state index in [0.717, 1.165) is 10.5 Å². The zero-order valence-corrected chi connectivity index (χ0v) is 18.9. The Kier molecular flexibility index (Phi) is 7.61. The number of nitrogen functional groups attached to an aromatic ring is 1. The Hall–Kier alpha value is -4.42. The molecule has 0 saturated carbocycles. The minimum atomic E-state index is -5.34. The summed E-state index contributed by atoms with van der Waals surface area (Å²) in [6.45, 7) is -0.763. The zero-order valence-electron chi connectivity index (χ0n) is 18.9. The lowest BCUT2D eigenvalue weighted by Gasteiger charge is -2.19. The average molecular weight is 506 g/mol. The van der Waals surface area contributed by atoms with Crippen LogP contribution < -0.4 is 15.4 Å². The Morgan fingerprint density at radius 2 is 1.78 bits per heavy atom. The van der Waals surface area contributed by atoms with Crippen molar-refractivity contribution in [3.8, 4) is 5.75 Å². The van der Waals surface area contributed by atoms with Gasteiger partial charge in [0.15, 0.2) is 0 Å². The summed E-state index contributed by atoms with van der Waals surface area (Å²) in [6, 6.07) is 11.3. The molecule has 1 aliphatic heterocycles. The molecule has 0 aliphatic carbocycles. The molecule has 0 bridgehead atoms. The maximum Gasteiger partial charge on any atom is 0.491 e. The fourth-order valence-corrected chi connectivity index (χ4v) is 3.28. The van der Waals surface area contributed by atoms with Gasteiger partial charge >= 0.3 is 18.1 Å². The molecule has 2 amide bonds. The highest BCUT2D eigenvalue weighted by atomic mass is 19.4. The molecule has 0 atom stereocenters.